The van der Waals surface area contributed by atoms with Crippen LogP contribution in [0.15, 0.2) is 24.3 Å². The van der Waals surface area contributed by atoms with E-state index >= 15 is 0 Å². The monoisotopic (exact) mass is 260 g/mol. The summed E-state index contributed by atoms with van der Waals surface area (Å²) in [7, 11) is 0. The molecule has 0 aromatic heterocycles. The molecule has 2 aliphatic heterocycles. The lowest BCUT2D eigenvalue weighted by Gasteiger charge is -2.25. The highest BCUT2D eigenvalue weighted by Crippen LogP contribution is 2.24. The number of carbonyl (C=O) groups is 1. The summed E-state index contributed by atoms with van der Waals surface area (Å²) < 4.78 is 5.68. The van der Waals surface area contributed by atoms with Gasteiger partial charge in [0, 0.05) is 31.9 Å². The van der Waals surface area contributed by atoms with Gasteiger partial charge in [-0.2, -0.15) is 0 Å². The predicted octanol–water partition coefficient (Wildman–Crippen LogP) is 1.81. The number of ether oxygens (including phenoxy) is 1. The van der Waals surface area contributed by atoms with Crippen molar-refractivity contribution in [2.24, 2.45) is 0 Å². The van der Waals surface area contributed by atoms with Crippen LogP contribution in [0.2, 0.25) is 0 Å². The Labute approximate surface area is 113 Å². The molecule has 3 rings (SSSR count). The summed E-state index contributed by atoms with van der Waals surface area (Å²) in [4.78, 5) is 14.2. The summed E-state index contributed by atoms with van der Waals surface area (Å²) in [6.45, 7) is 3.44. The second-order valence-corrected chi connectivity index (χ2v) is 5.18. The predicted molar refractivity (Wildman–Crippen MR) is 74.6 cm³/mol. The van der Waals surface area contributed by atoms with Crippen LogP contribution in [-0.4, -0.2) is 38.3 Å². The van der Waals surface area contributed by atoms with Crippen LogP contribution in [0.3, 0.4) is 0 Å². The number of hydrogen-bond donors (Lipinski definition) is 1. The summed E-state index contributed by atoms with van der Waals surface area (Å²) >= 11 is 0. The summed E-state index contributed by atoms with van der Waals surface area (Å²) in [5.41, 5.74) is 1.84. The highest BCUT2D eigenvalue weighted by Gasteiger charge is 2.22. The van der Waals surface area contributed by atoms with Crippen molar-refractivity contribution in [1.82, 2.24) is 5.32 Å². The van der Waals surface area contributed by atoms with E-state index in [0.717, 1.165) is 37.4 Å². The summed E-state index contributed by atoms with van der Waals surface area (Å²) in [5.74, 6) is 0.0372. The third-order valence-corrected chi connectivity index (χ3v) is 3.90. The van der Waals surface area contributed by atoms with Crippen LogP contribution in [0.1, 0.15) is 29.6 Å². The fourth-order valence-electron chi connectivity index (χ4n) is 2.87. The summed E-state index contributed by atoms with van der Waals surface area (Å²) in [5, 5.41) is 2.95. The first kappa shape index (κ1) is 12.5. The average Bonchev–Trinajstić information content (AvgIpc) is 2.90. The fourth-order valence-corrected chi connectivity index (χ4v) is 2.87. The van der Waals surface area contributed by atoms with Gasteiger partial charge in [-0.15, -0.1) is 0 Å². The lowest BCUT2D eigenvalue weighted by molar-refractivity contribution is 0.0957. The molecule has 19 heavy (non-hydrogen) atoms. The van der Waals surface area contributed by atoms with Gasteiger partial charge in [-0.1, -0.05) is 12.1 Å². The quantitative estimate of drug-likeness (QED) is 0.901. The lowest BCUT2D eigenvalue weighted by atomic mass is 10.1. The maximum atomic E-state index is 11.9. The van der Waals surface area contributed by atoms with Crippen molar-refractivity contribution in [3.8, 4) is 0 Å². The van der Waals surface area contributed by atoms with Crippen molar-refractivity contribution in [3.63, 3.8) is 0 Å². The number of benzene rings is 1. The molecule has 0 bridgehead atoms. The van der Waals surface area contributed by atoms with Gasteiger partial charge in [0.25, 0.3) is 5.91 Å². The van der Waals surface area contributed by atoms with Crippen LogP contribution in [0.25, 0.3) is 0 Å². The van der Waals surface area contributed by atoms with E-state index < -0.39 is 0 Å². The van der Waals surface area contributed by atoms with E-state index in [1.165, 1.54) is 12.8 Å². The highest BCUT2D eigenvalue weighted by atomic mass is 16.5. The first-order chi connectivity index (χ1) is 9.34. The molecule has 0 radical (unpaired) electrons. The topological polar surface area (TPSA) is 41.6 Å². The first-order valence-corrected chi connectivity index (χ1v) is 7.08. The molecule has 1 atom stereocenters. The number of amides is 1. The molecule has 4 nitrogen and oxygen atoms in total. The Morgan fingerprint density at radius 3 is 3.11 bits per heavy atom. The number of carbonyl (C=O) groups excluding carboxylic acids is 1. The fraction of sp³-hybridized carbons (Fsp3) is 0.533. The van der Waals surface area contributed by atoms with Gasteiger partial charge in [0.1, 0.15) is 0 Å². The minimum Gasteiger partial charge on any atom is -0.378 e. The van der Waals surface area contributed by atoms with Gasteiger partial charge >= 0.3 is 0 Å². The molecule has 4 heteroatoms. The molecule has 0 aliphatic carbocycles. The third kappa shape index (κ3) is 2.73. The molecule has 1 fully saturated rings. The van der Waals surface area contributed by atoms with Crippen molar-refractivity contribution in [2.45, 2.75) is 25.4 Å². The van der Waals surface area contributed by atoms with Crippen molar-refractivity contribution in [3.05, 3.63) is 29.8 Å². The zero-order valence-corrected chi connectivity index (χ0v) is 11.1. The molecule has 1 N–H and O–H groups in total. The van der Waals surface area contributed by atoms with Gasteiger partial charge in [-0.3, -0.25) is 4.79 Å². The second kappa shape index (κ2) is 5.61. The maximum Gasteiger partial charge on any atom is 0.253 e. The molecule has 2 aliphatic rings. The van der Waals surface area contributed by atoms with E-state index in [0.29, 0.717) is 12.6 Å². The number of anilines is 1. The first-order valence-electron chi connectivity index (χ1n) is 7.08. The van der Waals surface area contributed by atoms with Gasteiger partial charge in [0.15, 0.2) is 0 Å². The SMILES string of the molecule is O=C1NCCN(CC[C@@H]2CCCO2)c2ccccc21. The third-order valence-electron chi connectivity index (χ3n) is 3.90. The molecule has 1 amide bonds. The molecule has 0 spiro atoms. The van der Waals surface area contributed by atoms with E-state index in [1.807, 2.05) is 24.3 Å². The summed E-state index contributed by atoms with van der Waals surface area (Å²) in [6, 6.07) is 7.85. The number of para-hydroxylation sites is 1. The molecule has 2 heterocycles. The number of nitrogens with one attached hydrogen (secondary N) is 1. The van der Waals surface area contributed by atoms with E-state index in [-0.39, 0.29) is 5.91 Å². The second-order valence-electron chi connectivity index (χ2n) is 5.18. The number of rotatable bonds is 3. The standard InChI is InChI=1S/C15H20N2O2/c18-15-13-5-1-2-6-14(13)17(10-8-16-15)9-7-12-4-3-11-19-12/h1-2,5-6,12H,3-4,7-11H2,(H,16,18)/t12-/m0/s1. The van der Waals surface area contributed by atoms with Crippen molar-refractivity contribution in [1.29, 1.82) is 0 Å². The van der Waals surface area contributed by atoms with Gasteiger partial charge in [0.05, 0.1) is 11.7 Å². The Morgan fingerprint density at radius 2 is 2.26 bits per heavy atom. The van der Waals surface area contributed by atoms with E-state index in [1.54, 1.807) is 0 Å². The van der Waals surface area contributed by atoms with Crippen LogP contribution in [0.4, 0.5) is 5.69 Å². The highest BCUT2D eigenvalue weighted by molar-refractivity contribution is 6.00. The molecule has 0 unspecified atom stereocenters. The Hall–Kier alpha value is -1.55. The van der Waals surface area contributed by atoms with E-state index in [4.69, 9.17) is 4.74 Å². The van der Waals surface area contributed by atoms with Crippen molar-refractivity contribution < 1.29 is 9.53 Å². The van der Waals surface area contributed by atoms with Crippen molar-refractivity contribution in [2.75, 3.05) is 31.1 Å². The van der Waals surface area contributed by atoms with E-state index in [2.05, 4.69) is 10.2 Å². The largest absolute Gasteiger partial charge is 0.378 e. The number of nitrogens with zero attached hydrogens (tertiary/aromatic N) is 1. The van der Waals surface area contributed by atoms with Crippen LogP contribution >= 0.6 is 0 Å². The van der Waals surface area contributed by atoms with Crippen LogP contribution in [-0.2, 0) is 4.74 Å². The van der Waals surface area contributed by atoms with Crippen LogP contribution in [0, 0.1) is 0 Å². The Kier molecular flexibility index (Phi) is 3.69. The molecule has 1 aromatic carbocycles. The molecule has 102 valence electrons. The normalized spacial score (nSPS) is 22.8. The summed E-state index contributed by atoms with van der Waals surface area (Å²) in [6.07, 6.45) is 3.80. The zero-order valence-electron chi connectivity index (χ0n) is 11.1. The zero-order chi connectivity index (χ0) is 13.1. The van der Waals surface area contributed by atoms with E-state index in [9.17, 15) is 4.79 Å². The van der Waals surface area contributed by atoms with Crippen LogP contribution < -0.4 is 10.2 Å². The molecular weight excluding hydrogens is 240 g/mol. The van der Waals surface area contributed by atoms with Gasteiger partial charge in [-0.05, 0) is 31.4 Å². The lowest BCUT2D eigenvalue weighted by Crippen LogP contribution is -2.32. The molecule has 0 saturated carbocycles. The molecule has 1 aromatic rings. The van der Waals surface area contributed by atoms with Crippen molar-refractivity contribution >= 4 is 11.6 Å². The smallest absolute Gasteiger partial charge is 0.253 e. The Balaban J connectivity index is 1.73. The molecular formula is C15H20N2O2. The van der Waals surface area contributed by atoms with Gasteiger partial charge in [-0.25, -0.2) is 0 Å². The average molecular weight is 260 g/mol. The van der Waals surface area contributed by atoms with Crippen LogP contribution in [0.5, 0.6) is 0 Å². The van der Waals surface area contributed by atoms with Gasteiger partial charge < -0.3 is 15.0 Å². The Morgan fingerprint density at radius 1 is 1.37 bits per heavy atom. The maximum absolute atomic E-state index is 11.9. The number of fused-ring (bicyclic) bond motifs is 1. The van der Waals surface area contributed by atoms with Gasteiger partial charge in [0.2, 0.25) is 0 Å². The minimum atomic E-state index is 0.0372. The Bertz CT molecular complexity index is 455. The number of hydrogen-bond acceptors (Lipinski definition) is 3. The minimum absolute atomic E-state index is 0.0372. The molecule has 1 saturated heterocycles.